The Kier molecular flexibility index (Phi) is 6.13. The van der Waals surface area contributed by atoms with Gasteiger partial charge in [0.25, 0.3) is 0 Å². The van der Waals surface area contributed by atoms with Crippen LogP contribution in [-0.4, -0.2) is 10.4 Å². The SMILES string of the molecule is N=C(/C=C(\Nn1c2cc(-c3ccccc3)ccc2c2c3sc4ccccc4c3ccc21)c1ccccc1)c1ccccc1. The number of thiophene rings is 1. The topological polar surface area (TPSA) is 40.8 Å². The Balaban J connectivity index is 1.40. The molecule has 43 heavy (non-hydrogen) atoms. The maximum Gasteiger partial charge on any atom is 0.0724 e. The number of hydrogen-bond acceptors (Lipinski definition) is 3. The van der Waals surface area contributed by atoms with E-state index in [0.29, 0.717) is 5.71 Å². The molecule has 0 spiro atoms. The first-order valence-electron chi connectivity index (χ1n) is 14.4. The van der Waals surface area contributed by atoms with Gasteiger partial charge in [0.15, 0.2) is 0 Å². The molecule has 8 rings (SSSR count). The van der Waals surface area contributed by atoms with Crippen LogP contribution in [0.25, 0.3) is 58.8 Å². The predicted molar refractivity (Wildman–Crippen MR) is 185 cm³/mol. The van der Waals surface area contributed by atoms with Crippen molar-refractivity contribution >= 4 is 64.7 Å². The smallest absolute Gasteiger partial charge is 0.0724 e. The van der Waals surface area contributed by atoms with Crippen LogP contribution < -0.4 is 5.43 Å². The van der Waals surface area contributed by atoms with Crippen molar-refractivity contribution in [3.8, 4) is 11.1 Å². The van der Waals surface area contributed by atoms with Crippen LogP contribution in [0.2, 0.25) is 0 Å². The molecule has 2 aromatic heterocycles. The van der Waals surface area contributed by atoms with Crippen molar-refractivity contribution in [3.63, 3.8) is 0 Å². The highest BCUT2D eigenvalue weighted by Gasteiger charge is 2.18. The standard InChI is InChI=1S/C39H27N3S/c40-33(27-14-6-2-7-15-27)25-34(28-16-8-3-9-17-28)41-42-35-23-22-31-30-18-10-11-19-37(30)43-39(31)38(35)32-21-20-29(24-36(32)42)26-12-4-1-5-13-26/h1-25,40-41H/b34-25-,40-33?. The van der Waals surface area contributed by atoms with Gasteiger partial charge in [-0.15, -0.1) is 11.3 Å². The van der Waals surface area contributed by atoms with E-state index in [9.17, 15) is 0 Å². The Hall–Kier alpha value is -5.45. The van der Waals surface area contributed by atoms with Gasteiger partial charge >= 0.3 is 0 Å². The summed E-state index contributed by atoms with van der Waals surface area (Å²) in [5.41, 5.74) is 11.5. The van der Waals surface area contributed by atoms with Crippen LogP contribution in [0.15, 0.2) is 152 Å². The molecule has 0 atom stereocenters. The Morgan fingerprint density at radius 3 is 2.00 bits per heavy atom. The van der Waals surface area contributed by atoms with Crippen molar-refractivity contribution in [1.29, 1.82) is 5.41 Å². The molecular weight excluding hydrogens is 543 g/mol. The molecule has 2 heterocycles. The van der Waals surface area contributed by atoms with Gasteiger partial charge in [0.1, 0.15) is 0 Å². The van der Waals surface area contributed by atoms with Crippen molar-refractivity contribution in [1.82, 2.24) is 4.68 Å². The first-order valence-corrected chi connectivity index (χ1v) is 15.2. The number of hydrogen-bond donors (Lipinski definition) is 2. The molecule has 0 aliphatic carbocycles. The second-order valence-corrected chi connectivity index (χ2v) is 11.7. The third-order valence-electron chi connectivity index (χ3n) is 8.07. The molecule has 0 saturated carbocycles. The van der Waals surface area contributed by atoms with Gasteiger partial charge in [-0.05, 0) is 46.5 Å². The molecule has 0 aliphatic rings. The Morgan fingerprint density at radius 2 is 1.23 bits per heavy atom. The average Bonchev–Trinajstić information content (AvgIpc) is 3.61. The summed E-state index contributed by atoms with van der Waals surface area (Å²) in [5, 5.41) is 14.0. The second kappa shape index (κ2) is 10.4. The highest BCUT2D eigenvalue weighted by Crippen LogP contribution is 2.43. The van der Waals surface area contributed by atoms with Crippen LogP contribution in [0, 0.1) is 5.41 Å². The lowest BCUT2D eigenvalue weighted by Gasteiger charge is -2.16. The zero-order valence-electron chi connectivity index (χ0n) is 23.3. The Morgan fingerprint density at radius 1 is 0.581 bits per heavy atom. The van der Waals surface area contributed by atoms with Gasteiger partial charge in [-0.2, -0.15) is 0 Å². The van der Waals surface area contributed by atoms with Gasteiger partial charge < -0.3 is 5.41 Å². The number of aromatic nitrogens is 1. The minimum Gasteiger partial charge on any atom is -0.300 e. The minimum absolute atomic E-state index is 0.449. The summed E-state index contributed by atoms with van der Waals surface area (Å²) in [6.45, 7) is 0. The van der Waals surface area contributed by atoms with Crippen molar-refractivity contribution in [3.05, 3.63) is 163 Å². The predicted octanol–water partition coefficient (Wildman–Crippen LogP) is 10.5. The number of allylic oxidation sites excluding steroid dienone is 1. The van der Waals surface area contributed by atoms with Crippen LogP contribution in [-0.2, 0) is 0 Å². The van der Waals surface area contributed by atoms with Gasteiger partial charge in [0.2, 0.25) is 0 Å². The lowest BCUT2D eigenvalue weighted by atomic mass is 10.0. The number of nitrogens with one attached hydrogen (secondary N) is 2. The molecular formula is C39H27N3S. The molecule has 0 radical (unpaired) electrons. The first-order chi connectivity index (χ1) is 21.2. The fraction of sp³-hybridized carbons (Fsp3) is 0. The summed E-state index contributed by atoms with van der Waals surface area (Å²) in [5.74, 6) is 0. The van der Waals surface area contributed by atoms with Gasteiger partial charge in [-0.1, -0.05) is 127 Å². The van der Waals surface area contributed by atoms with Crippen molar-refractivity contribution in [2.24, 2.45) is 0 Å². The van der Waals surface area contributed by atoms with Crippen LogP contribution in [0.4, 0.5) is 0 Å². The van der Waals surface area contributed by atoms with Gasteiger partial charge in [-0.3, -0.25) is 10.1 Å². The molecule has 0 aliphatic heterocycles. The lowest BCUT2D eigenvalue weighted by Crippen LogP contribution is -2.14. The van der Waals surface area contributed by atoms with Crippen LogP contribution in [0.5, 0.6) is 0 Å². The maximum atomic E-state index is 8.96. The summed E-state index contributed by atoms with van der Waals surface area (Å²) in [6.07, 6.45) is 1.93. The number of benzene rings is 6. The monoisotopic (exact) mass is 569 g/mol. The molecule has 0 bridgehead atoms. The van der Waals surface area contributed by atoms with E-state index in [0.717, 1.165) is 33.4 Å². The van der Waals surface area contributed by atoms with Crippen LogP contribution in [0.1, 0.15) is 11.1 Å². The fourth-order valence-corrected chi connectivity index (χ4v) is 7.24. The van der Waals surface area contributed by atoms with Crippen molar-refractivity contribution < 1.29 is 0 Å². The molecule has 2 N–H and O–H groups in total. The fourth-order valence-electron chi connectivity index (χ4n) is 5.98. The normalized spacial score (nSPS) is 12.0. The van der Waals surface area contributed by atoms with Crippen molar-refractivity contribution in [2.45, 2.75) is 0 Å². The molecule has 0 amide bonds. The minimum atomic E-state index is 0.449. The van der Waals surface area contributed by atoms with E-state index in [-0.39, 0.29) is 0 Å². The summed E-state index contributed by atoms with van der Waals surface area (Å²) in [6, 6.07) is 50.6. The lowest BCUT2D eigenvalue weighted by molar-refractivity contribution is 1.06. The Bertz CT molecular complexity index is 2310. The van der Waals surface area contributed by atoms with E-state index >= 15 is 0 Å². The first kappa shape index (κ1) is 25.3. The largest absolute Gasteiger partial charge is 0.300 e. The molecule has 4 heteroatoms. The number of fused-ring (bicyclic) bond motifs is 7. The van der Waals surface area contributed by atoms with E-state index < -0.39 is 0 Å². The summed E-state index contributed by atoms with van der Waals surface area (Å²) in [7, 11) is 0. The quantitative estimate of drug-likeness (QED) is 0.192. The maximum absolute atomic E-state index is 8.96. The Labute approximate surface area is 253 Å². The van der Waals surface area contributed by atoms with E-state index in [1.54, 1.807) is 0 Å². The third-order valence-corrected chi connectivity index (χ3v) is 9.28. The van der Waals surface area contributed by atoms with E-state index in [2.05, 4.69) is 107 Å². The molecule has 0 saturated heterocycles. The summed E-state index contributed by atoms with van der Waals surface area (Å²) < 4.78 is 4.79. The summed E-state index contributed by atoms with van der Waals surface area (Å²) >= 11 is 1.85. The molecule has 0 unspecified atom stereocenters. The number of rotatable bonds is 6. The number of nitrogens with zero attached hydrogens (tertiary/aromatic N) is 1. The van der Waals surface area contributed by atoms with E-state index in [1.807, 2.05) is 65.9 Å². The zero-order chi connectivity index (χ0) is 28.8. The average molecular weight is 570 g/mol. The van der Waals surface area contributed by atoms with Gasteiger partial charge in [0.05, 0.1) is 22.4 Å². The summed E-state index contributed by atoms with van der Waals surface area (Å²) in [4.78, 5) is 0. The molecule has 3 nitrogen and oxygen atoms in total. The van der Waals surface area contributed by atoms with Gasteiger partial charge in [0, 0.05) is 30.9 Å². The zero-order valence-corrected chi connectivity index (χ0v) is 24.1. The van der Waals surface area contributed by atoms with Crippen molar-refractivity contribution in [2.75, 3.05) is 5.43 Å². The molecule has 8 aromatic rings. The third kappa shape index (κ3) is 4.40. The molecule has 6 aromatic carbocycles. The van der Waals surface area contributed by atoms with Crippen LogP contribution >= 0.6 is 11.3 Å². The van der Waals surface area contributed by atoms with Gasteiger partial charge in [-0.25, -0.2) is 0 Å². The van der Waals surface area contributed by atoms with Crippen LogP contribution in [0.3, 0.4) is 0 Å². The highest BCUT2D eigenvalue weighted by atomic mass is 32.1. The molecule has 204 valence electrons. The molecule has 0 fully saturated rings. The van der Waals surface area contributed by atoms with E-state index in [1.165, 1.54) is 36.5 Å². The highest BCUT2D eigenvalue weighted by molar-refractivity contribution is 7.26. The van der Waals surface area contributed by atoms with E-state index in [4.69, 9.17) is 5.41 Å². The second-order valence-electron chi connectivity index (χ2n) is 10.7.